The molecule has 0 bridgehead atoms. The fourth-order valence-electron chi connectivity index (χ4n) is 4.19. The van der Waals surface area contributed by atoms with Crippen LogP contribution in [0.3, 0.4) is 0 Å². The maximum atomic E-state index is 12.8. The second-order valence-corrected chi connectivity index (χ2v) is 8.75. The lowest BCUT2D eigenvalue weighted by Crippen LogP contribution is -2.55. The molecule has 2 aliphatic rings. The molecule has 4 heterocycles. The molecule has 8 nitrogen and oxygen atoms in total. The zero-order chi connectivity index (χ0) is 21.8. The molecule has 2 aliphatic heterocycles. The number of piperidine rings is 1. The maximum Gasteiger partial charge on any atom is 0.317 e. The lowest BCUT2D eigenvalue weighted by atomic mass is 10.1. The quantitative estimate of drug-likeness (QED) is 0.815. The van der Waals surface area contributed by atoms with E-state index < -0.39 is 0 Å². The van der Waals surface area contributed by atoms with Crippen molar-refractivity contribution in [1.29, 1.82) is 0 Å². The van der Waals surface area contributed by atoms with Crippen molar-refractivity contribution < 1.29 is 4.79 Å². The number of amides is 2. The molecule has 4 rings (SSSR count). The Balaban J connectivity index is 1.26. The first-order valence-electron chi connectivity index (χ1n) is 11.3. The number of rotatable bonds is 4. The molecule has 2 saturated heterocycles. The summed E-state index contributed by atoms with van der Waals surface area (Å²) in [6.07, 6.45) is 3.72. The summed E-state index contributed by atoms with van der Waals surface area (Å²) in [6.45, 7) is 11.1. The number of nitrogens with zero attached hydrogens (tertiary/aromatic N) is 6. The van der Waals surface area contributed by atoms with Crippen molar-refractivity contribution in [3.05, 3.63) is 42.0 Å². The third kappa shape index (κ3) is 5.24. The van der Waals surface area contributed by atoms with Gasteiger partial charge in [-0.2, -0.15) is 0 Å². The molecule has 2 aromatic rings. The Bertz CT molecular complexity index is 873. The third-order valence-electron chi connectivity index (χ3n) is 6.06. The van der Waals surface area contributed by atoms with Gasteiger partial charge in [-0.1, -0.05) is 19.9 Å². The lowest BCUT2D eigenvalue weighted by Gasteiger charge is -2.38. The molecule has 0 unspecified atom stereocenters. The van der Waals surface area contributed by atoms with Gasteiger partial charge in [0.2, 0.25) is 0 Å². The summed E-state index contributed by atoms with van der Waals surface area (Å²) in [4.78, 5) is 33.0. The van der Waals surface area contributed by atoms with Crippen molar-refractivity contribution in [2.45, 2.75) is 45.6 Å². The summed E-state index contributed by atoms with van der Waals surface area (Å²) in [5, 5.41) is 3.24. The average molecular weight is 424 g/mol. The van der Waals surface area contributed by atoms with Crippen LogP contribution < -0.4 is 15.1 Å². The predicted octanol–water partition coefficient (Wildman–Crippen LogP) is 2.80. The van der Waals surface area contributed by atoms with Crippen molar-refractivity contribution >= 4 is 17.7 Å². The van der Waals surface area contributed by atoms with E-state index in [1.165, 1.54) is 0 Å². The Morgan fingerprint density at radius 3 is 2.35 bits per heavy atom. The minimum absolute atomic E-state index is 0.0534. The Morgan fingerprint density at radius 2 is 1.71 bits per heavy atom. The Labute approximate surface area is 184 Å². The van der Waals surface area contributed by atoms with Gasteiger partial charge in [0, 0.05) is 69.2 Å². The SMILES string of the molecule is Cc1cc(N2CCN(C(=O)NC3CCN(c4ccccn4)CC3)CC2)nc(C(C)C)n1. The molecule has 1 N–H and O–H groups in total. The van der Waals surface area contributed by atoms with Gasteiger partial charge in [0.15, 0.2) is 0 Å². The van der Waals surface area contributed by atoms with Crippen LogP contribution in [-0.2, 0) is 0 Å². The van der Waals surface area contributed by atoms with Crippen LogP contribution in [0.4, 0.5) is 16.4 Å². The Kier molecular flexibility index (Phi) is 6.53. The summed E-state index contributed by atoms with van der Waals surface area (Å²) in [6, 6.07) is 8.31. The lowest BCUT2D eigenvalue weighted by molar-refractivity contribution is 0.188. The number of anilines is 2. The zero-order valence-electron chi connectivity index (χ0n) is 18.8. The van der Waals surface area contributed by atoms with Gasteiger partial charge in [0.25, 0.3) is 0 Å². The second kappa shape index (κ2) is 9.49. The van der Waals surface area contributed by atoms with Crippen molar-refractivity contribution in [1.82, 2.24) is 25.2 Å². The summed E-state index contributed by atoms with van der Waals surface area (Å²) in [5.74, 6) is 3.17. The van der Waals surface area contributed by atoms with E-state index in [1.807, 2.05) is 42.3 Å². The topological polar surface area (TPSA) is 77.5 Å². The van der Waals surface area contributed by atoms with E-state index in [-0.39, 0.29) is 12.1 Å². The molecule has 0 spiro atoms. The van der Waals surface area contributed by atoms with Crippen LogP contribution in [-0.4, -0.2) is 71.2 Å². The molecule has 31 heavy (non-hydrogen) atoms. The highest BCUT2D eigenvalue weighted by atomic mass is 16.2. The van der Waals surface area contributed by atoms with Gasteiger partial charge in [-0.3, -0.25) is 0 Å². The average Bonchev–Trinajstić information content (AvgIpc) is 2.80. The fourth-order valence-corrected chi connectivity index (χ4v) is 4.19. The van der Waals surface area contributed by atoms with Gasteiger partial charge >= 0.3 is 6.03 Å². The number of carbonyl (C=O) groups is 1. The van der Waals surface area contributed by atoms with Gasteiger partial charge in [-0.15, -0.1) is 0 Å². The first kappa shape index (κ1) is 21.3. The molecule has 2 aromatic heterocycles. The summed E-state index contributed by atoms with van der Waals surface area (Å²) in [5.41, 5.74) is 0.992. The molecule has 0 atom stereocenters. The molecule has 0 aromatic carbocycles. The predicted molar refractivity (Wildman–Crippen MR) is 123 cm³/mol. The van der Waals surface area contributed by atoms with Crippen molar-refractivity contribution in [2.24, 2.45) is 0 Å². The van der Waals surface area contributed by atoms with Crippen LogP contribution in [0.15, 0.2) is 30.5 Å². The molecule has 2 amide bonds. The number of urea groups is 1. The maximum absolute atomic E-state index is 12.8. The van der Waals surface area contributed by atoms with Crippen LogP contribution in [0, 0.1) is 6.92 Å². The van der Waals surface area contributed by atoms with Crippen LogP contribution in [0.25, 0.3) is 0 Å². The molecule has 8 heteroatoms. The van der Waals surface area contributed by atoms with Gasteiger partial charge < -0.3 is 20.0 Å². The van der Waals surface area contributed by atoms with Gasteiger partial charge in [-0.05, 0) is 31.9 Å². The van der Waals surface area contributed by atoms with Gasteiger partial charge in [0.05, 0.1) is 0 Å². The van der Waals surface area contributed by atoms with Crippen LogP contribution in [0.2, 0.25) is 0 Å². The first-order valence-corrected chi connectivity index (χ1v) is 11.3. The Morgan fingerprint density at radius 1 is 1.00 bits per heavy atom. The molecule has 0 saturated carbocycles. The number of piperazine rings is 1. The normalized spacial score (nSPS) is 17.9. The Hall–Kier alpha value is -2.90. The summed E-state index contributed by atoms with van der Waals surface area (Å²) in [7, 11) is 0. The van der Waals surface area contributed by atoms with E-state index in [1.54, 1.807) is 0 Å². The minimum Gasteiger partial charge on any atom is -0.356 e. The van der Waals surface area contributed by atoms with Crippen LogP contribution in [0.5, 0.6) is 0 Å². The highest BCUT2D eigenvalue weighted by Crippen LogP contribution is 2.20. The monoisotopic (exact) mass is 423 g/mol. The summed E-state index contributed by atoms with van der Waals surface area (Å²) < 4.78 is 0. The molecule has 166 valence electrons. The van der Waals surface area contributed by atoms with Gasteiger partial charge in [0.1, 0.15) is 17.5 Å². The van der Waals surface area contributed by atoms with Gasteiger partial charge in [-0.25, -0.2) is 19.7 Å². The number of hydrogen-bond acceptors (Lipinski definition) is 6. The standard InChI is InChI=1S/C23H33N7O/c1-17(2)22-25-18(3)16-21(27-22)29-12-14-30(15-13-29)23(31)26-19-7-10-28(11-8-19)20-6-4-5-9-24-20/h4-6,9,16-17,19H,7-8,10-15H2,1-3H3,(H,26,31). The van der Waals surface area contributed by atoms with Crippen molar-refractivity contribution in [3.8, 4) is 0 Å². The third-order valence-corrected chi connectivity index (χ3v) is 6.06. The summed E-state index contributed by atoms with van der Waals surface area (Å²) >= 11 is 0. The number of nitrogens with one attached hydrogen (secondary N) is 1. The van der Waals surface area contributed by atoms with E-state index in [0.29, 0.717) is 19.0 Å². The van der Waals surface area contributed by atoms with E-state index in [9.17, 15) is 4.79 Å². The molecule has 2 fully saturated rings. The van der Waals surface area contributed by atoms with Crippen LogP contribution >= 0.6 is 0 Å². The zero-order valence-corrected chi connectivity index (χ0v) is 18.8. The van der Waals surface area contributed by atoms with Crippen LogP contribution in [0.1, 0.15) is 44.1 Å². The molecular formula is C23H33N7O. The number of hydrogen-bond donors (Lipinski definition) is 1. The fraction of sp³-hybridized carbons (Fsp3) is 0.565. The largest absolute Gasteiger partial charge is 0.356 e. The minimum atomic E-state index is 0.0534. The van der Waals surface area contributed by atoms with Crippen molar-refractivity contribution in [3.63, 3.8) is 0 Å². The highest BCUT2D eigenvalue weighted by Gasteiger charge is 2.26. The first-order chi connectivity index (χ1) is 15.0. The molecular weight excluding hydrogens is 390 g/mol. The highest BCUT2D eigenvalue weighted by molar-refractivity contribution is 5.75. The number of aromatic nitrogens is 3. The molecule has 0 aliphatic carbocycles. The smallest absolute Gasteiger partial charge is 0.317 e. The number of aryl methyl sites for hydroxylation is 1. The van der Waals surface area contributed by atoms with E-state index in [0.717, 1.165) is 62.2 Å². The van der Waals surface area contributed by atoms with E-state index in [4.69, 9.17) is 4.98 Å². The van der Waals surface area contributed by atoms with Crippen molar-refractivity contribution in [2.75, 3.05) is 49.1 Å². The van der Waals surface area contributed by atoms with E-state index >= 15 is 0 Å². The molecule has 0 radical (unpaired) electrons. The second-order valence-electron chi connectivity index (χ2n) is 8.75. The van der Waals surface area contributed by atoms with E-state index in [2.05, 4.69) is 38.9 Å². The number of pyridine rings is 1. The number of carbonyl (C=O) groups excluding carboxylic acids is 1.